The van der Waals surface area contributed by atoms with E-state index < -0.39 is 34.4 Å². The van der Waals surface area contributed by atoms with Gasteiger partial charge in [0, 0.05) is 0 Å². The van der Waals surface area contributed by atoms with Gasteiger partial charge in [-0.25, -0.2) is 8.42 Å². The molecular weight excluding hydrogens is 360 g/mol. The molecule has 1 aromatic rings. The third-order valence-electron chi connectivity index (χ3n) is 2.10. The number of amides is 1. The Labute approximate surface area is 122 Å². The van der Waals surface area contributed by atoms with Gasteiger partial charge in [-0.15, -0.1) is 11.3 Å². The number of aliphatic carboxylic acids is 1. The van der Waals surface area contributed by atoms with Crippen molar-refractivity contribution in [3.63, 3.8) is 0 Å². The number of thiophene rings is 1. The summed E-state index contributed by atoms with van der Waals surface area (Å²) in [5.74, 6) is -2.37. The molecule has 10 heteroatoms. The summed E-state index contributed by atoms with van der Waals surface area (Å²) >= 11 is 4.13. The van der Waals surface area contributed by atoms with Crippen molar-refractivity contribution in [2.75, 3.05) is 0 Å². The fourth-order valence-corrected chi connectivity index (χ4v) is 4.62. The van der Waals surface area contributed by atoms with Crippen LogP contribution in [0.15, 0.2) is 14.1 Å². The molecule has 1 amide bonds. The van der Waals surface area contributed by atoms with Crippen LogP contribution < -0.4 is 10.5 Å². The Morgan fingerprint density at radius 2 is 2.16 bits per heavy atom. The first-order valence-electron chi connectivity index (χ1n) is 4.93. The first kappa shape index (κ1) is 16.1. The van der Waals surface area contributed by atoms with E-state index in [9.17, 15) is 18.0 Å². The number of hydrogen-bond acceptors (Lipinski definition) is 5. The SMILES string of the molecule is Cc1cc(S(=O)(=O)NC(CC(N)=O)C(=O)O)sc1Br. The van der Waals surface area contributed by atoms with Gasteiger partial charge in [-0.3, -0.25) is 9.59 Å². The number of primary amides is 1. The molecule has 1 atom stereocenters. The van der Waals surface area contributed by atoms with Gasteiger partial charge in [-0.2, -0.15) is 4.72 Å². The van der Waals surface area contributed by atoms with Crippen molar-refractivity contribution in [2.45, 2.75) is 23.6 Å². The van der Waals surface area contributed by atoms with Crippen molar-refractivity contribution in [1.82, 2.24) is 4.72 Å². The van der Waals surface area contributed by atoms with Crippen molar-refractivity contribution in [1.29, 1.82) is 0 Å². The highest BCUT2D eigenvalue weighted by Gasteiger charge is 2.28. The molecule has 1 rings (SSSR count). The van der Waals surface area contributed by atoms with Crippen LogP contribution in [-0.2, 0) is 19.6 Å². The van der Waals surface area contributed by atoms with Crippen LogP contribution in [0.25, 0.3) is 0 Å². The minimum absolute atomic E-state index is 0.0346. The largest absolute Gasteiger partial charge is 0.480 e. The number of nitrogens with one attached hydrogen (secondary N) is 1. The molecule has 0 aliphatic rings. The predicted molar refractivity (Wildman–Crippen MR) is 72.3 cm³/mol. The highest BCUT2D eigenvalue weighted by Crippen LogP contribution is 2.30. The molecule has 0 fully saturated rings. The molecule has 1 unspecified atom stereocenters. The Morgan fingerprint density at radius 1 is 1.58 bits per heavy atom. The molecule has 1 aromatic heterocycles. The van der Waals surface area contributed by atoms with Gasteiger partial charge in [-0.1, -0.05) is 0 Å². The number of aryl methyl sites for hydroxylation is 1. The summed E-state index contributed by atoms with van der Waals surface area (Å²) < 4.78 is 26.5. The lowest BCUT2D eigenvalue weighted by molar-refractivity contribution is -0.140. The summed E-state index contributed by atoms with van der Waals surface area (Å²) in [4.78, 5) is 21.6. The maximum absolute atomic E-state index is 12.0. The molecule has 0 aliphatic carbocycles. The average molecular weight is 371 g/mol. The minimum atomic E-state index is -4.00. The van der Waals surface area contributed by atoms with E-state index in [1.54, 1.807) is 6.92 Å². The third-order valence-corrected chi connectivity index (χ3v) is 6.18. The van der Waals surface area contributed by atoms with Crippen LogP contribution in [-0.4, -0.2) is 31.4 Å². The van der Waals surface area contributed by atoms with E-state index in [0.717, 1.165) is 11.3 Å². The molecule has 0 saturated heterocycles. The lowest BCUT2D eigenvalue weighted by atomic mass is 10.2. The van der Waals surface area contributed by atoms with E-state index in [1.165, 1.54) is 6.07 Å². The fourth-order valence-electron chi connectivity index (χ4n) is 1.19. The van der Waals surface area contributed by atoms with Gasteiger partial charge in [0.1, 0.15) is 10.3 Å². The fraction of sp³-hybridized carbons (Fsp3) is 0.333. The van der Waals surface area contributed by atoms with Crippen molar-refractivity contribution in [3.8, 4) is 0 Å². The third kappa shape index (κ3) is 4.27. The zero-order valence-corrected chi connectivity index (χ0v) is 12.9. The van der Waals surface area contributed by atoms with Gasteiger partial charge in [-0.05, 0) is 34.5 Å². The summed E-state index contributed by atoms with van der Waals surface area (Å²) in [7, 11) is -4.00. The molecule has 19 heavy (non-hydrogen) atoms. The topological polar surface area (TPSA) is 127 Å². The number of carboxylic acids is 1. The highest BCUT2D eigenvalue weighted by atomic mass is 79.9. The van der Waals surface area contributed by atoms with Crippen LogP contribution in [0.1, 0.15) is 12.0 Å². The maximum atomic E-state index is 12.0. The maximum Gasteiger partial charge on any atom is 0.322 e. The second-order valence-electron chi connectivity index (χ2n) is 3.70. The molecule has 0 spiro atoms. The van der Waals surface area contributed by atoms with Crippen LogP contribution >= 0.6 is 27.3 Å². The van der Waals surface area contributed by atoms with Crippen LogP contribution in [0.2, 0.25) is 0 Å². The Hall–Kier alpha value is -0.970. The molecule has 4 N–H and O–H groups in total. The molecule has 0 aliphatic heterocycles. The summed E-state index contributed by atoms with van der Waals surface area (Å²) in [6.45, 7) is 1.71. The summed E-state index contributed by atoms with van der Waals surface area (Å²) in [5, 5.41) is 8.85. The zero-order valence-electron chi connectivity index (χ0n) is 9.71. The lowest BCUT2D eigenvalue weighted by Crippen LogP contribution is -2.43. The lowest BCUT2D eigenvalue weighted by Gasteiger charge is -2.11. The first-order valence-corrected chi connectivity index (χ1v) is 8.02. The first-order chi connectivity index (χ1) is 8.63. The van der Waals surface area contributed by atoms with Gasteiger partial charge >= 0.3 is 5.97 Å². The van der Waals surface area contributed by atoms with Gasteiger partial charge < -0.3 is 10.8 Å². The van der Waals surface area contributed by atoms with Crippen molar-refractivity contribution < 1.29 is 23.1 Å². The highest BCUT2D eigenvalue weighted by molar-refractivity contribution is 9.11. The van der Waals surface area contributed by atoms with E-state index in [1.807, 2.05) is 4.72 Å². The summed E-state index contributed by atoms with van der Waals surface area (Å²) in [6.07, 6.45) is -0.611. The Balaban J connectivity index is 3.00. The van der Waals surface area contributed by atoms with E-state index in [-0.39, 0.29) is 4.21 Å². The van der Waals surface area contributed by atoms with Crippen LogP contribution in [0.3, 0.4) is 0 Å². The predicted octanol–water partition coefficient (Wildman–Crippen LogP) is 0.426. The Bertz CT molecular complexity index is 591. The number of hydrogen-bond donors (Lipinski definition) is 3. The van der Waals surface area contributed by atoms with Gasteiger partial charge in [0.05, 0.1) is 10.2 Å². The van der Waals surface area contributed by atoms with Gasteiger partial charge in [0.25, 0.3) is 10.0 Å². The normalized spacial score (nSPS) is 13.2. The minimum Gasteiger partial charge on any atom is -0.480 e. The van der Waals surface area contributed by atoms with Gasteiger partial charge in [0.15, 0.2) is 0 Å². The monoisotopic (exact) mass is 370 g/mol. The van der Waals surface area contributed by atoms with Crippen molar-refractivity contribution in [3.05, 3.63) is 15.4 Å². The Kier molecular flexibility index (Phi) is 5.07. The number of carbonyl (C=O) groups excluding carboxylic acids is 1. The molecule has 0 bridgehead atoms. The molecule has 7 nitrogen and oxygen atoms in total. The van der Waals surface area contributed by atoms with E-state index in [0.29, 0.717) is 9.35 Å². The summed E-state index contributed by atoms with van der Waals surface area (Å²) in [6, 6.07) is -0.177. The number of rotatable bonds is 6. The van der Waals surface area contributed by atoms with Gasteiger partial charge in [0.2, 0.25) is 5.91 Å². The van der Waals surface area contributed by atoms with Crippen LogP contribution in [0, 0.1) is 6.92 Å². The summed E-state index contributed by atoms with van der Waals surface area (Å²) in [5.41, 5.74) is 5.59. The second kappa shape index (κ2) is 5.99. The number of nitrogens with two attached hydrogens (primary N) is 1. The van der Waals surface area contributed by atoms with Crippen molar-refractivity contribution in [2.24, 2.45) is 5.73 Å². The molecule has 1 heterocycles. The van der Waals surface area contributed by atoms with Crippen LogP contribution in [0.5, 0.6) is 0 Å². The van der Waals surface area contributed by atoms with Crippen molar-refractivity contribution >= 4 is 49.2 Å². The number of sulfonamides is 1. The molecule has 0 saturated carbocycles. The van der Waals surface area contributed by atoms with E-state index in [2.05, 4.69) is 15.9 Å². The molecule has 0 radical (unpaired) electrons. The molecular formula is C9H11BrN2O5S2. The number of halogens is 1. The Morgan fingerprint density at radius 3 is 2.53 bits per heavy atom. The standard InChI is InChI=1S/C9H11BrN2O5S2/c1-4-2-7(18-8(4)10)19(16,17)12-5(9(14)15)3-6(11)13/h2,5,12H,3H2,1H3,(H2,11,13)(H,14,15). The zero-order chi connectivity index (χ0) is 14.8. The van der Waals surface area contributed by atoms with E-state index in [4.69, 9.17) is 10.8 Å². The number of carbonyl (C=O) groups is 2. The molecule has 0 aromatic carbocycles. The molecule has 106 valence electrons. The number of carboxylic acid groups (broad SMARTS) is 1. The average Bonchev–Trinajstić information content (AvgIpc) is 2.58. The second-order valence-corrected chi connectivity index (χ2v) is 8.02. The quantitative estimate of drug-likeness (QED) is 0.668. The smallest absolute Gasteiger partial charge is 0.322 e. The van der Waals surface area contributed by atoms with Crippen LogP contribution in [0.4, 0.5) is 0 Å². The van der Waals surface area contributed by atoms with E-state index >= 15 is 0 Å².